The molecule has 0 amide bonds. The van der Waals surface area contributed by atoms with E-state index in [0.717, 1.165) is 36.3 Å². The molecule has 0 aliphatic heterocycles. The van der Waals surface area contributed by atoms with Gasteiger partial charge in [0.15, 0.2) is 5.96 Å². The van der Waals surface area contributed by atoms with E-state index in [0.29, 0.717) is 0 Å². The van der Waals surface area contributed by atoms with E-state index in [1.165, 1.54) is 11.1 Å². The van der Waals surface area contributed by atoms with E-state index in [4.69, 9.17) is 0 Å². The summed E-state index contributed by atoms with van der Waals surface area (Å²) in [7, 11) is 3.83. The highest BCUT2D eigenvalue weighted by atomic mass is 127. The van der Waals surface area contributed by atoms with Gasteiger partial charge in [0.1, 0.15) is 0 Å². The average molecular weight is 496 g/mol. The van der Waals surface area contributed by atoms with Gasteiger partial charge < -0.3 is 14.8 Å². The Kier molecular flexibility index (Phi) is 8.23. The van der Waals surface area contributed by atoms with Crippen molar-refractivity contribution < 1.29 is 0 Å². The summed E-state index contributed by atoms with van der Waals surface area (Å²) in [5.74, 6) is 0.859. The predicted molar refractivity (Wildman–Crippen MR) is 122 cm³/mol. The monoisotopic (exact) mass is 496 g/mol. The molecule has 0 spiro atoms. The number of nitrogens with zero attached hydrogens (tertiary/aromatic N) is 5. The number of guanidine groups is 1. The molecule has 0 saturated heterocycles. The second-order valence-corrected chi connectivity index (χ2v) is 7.23. The van der Waals surface area contributed by atoms with Crippen LogP contribution in [0.25, 0.3) is 0 Å². The van der Waals surface area contributed by atoms with Crippen LogP contribution in [-0.2, 0) is 19.6 Å². The van der Waals surface area contributed by atoms with Gasteiger partial charge in [-0.1, -0.05) is 24.3 Å². The standard InChI is InChI=1S/C19H24N6S.HI/c1-15-23-18(13-26-15)12-24(3)19(20-2)22-10-16-4-6-17(7-5-16)11-25-9-8-21-14-25;/h4-9,13-14H,10-12H2,1-3H3,(H,20,22);1H. The van der Waals surface area contributed by atoms with E-state index in [1.54, 1.807) is 24.6 Å². The number of nitrogens with one attached hydrogen (secondary N) is 1. The van der Waals surface area contributed by atoms with Crippen LogP contribution in [0, 0.1) is 6.92 Å². The maximum Gasteiger partial charge on any atom is 0.194 e. The molecule has 8 heteroatoms. The van der Waals surface area contributed by atoms with Gasteiger partial charge in [-0.25, -0.2) is 9.97 Å². The summed E-state index contributed by atoms with van der Waals surface area (Å²) in [5, 5.41) is 6.60. The van der Waals surface area contributed by atoms with E-state index in [9.17, 15) is 0 Å². The summed E-state index contributed by atoms with van der Waals surface area (Å²) >= 11 is 1.67. The zero-order valence-electron chi connectivity index (χ0n) is 15.8. The Morgan fingerprint density at radius 2 is 2.00 bits per heavy atom. The van der Waals surface area contributed by atoms with Crippen molar-refractivity contribution in [2.24, 2.45) is 4.99 Å². The van der Waals surface area contributed by atoms with Gasteiger partial charge in [-0.05, 0) is 18.1 Å². The molecule has 3 rings (SSSR count). The SMILES string of the molecule is CN=C(NCc1ccc(Cn2ccnc2)cc1)N(C)Cc1csc(C)n1.I. The number of aromatic nitrogens is 3. The van der Waals surface area contributed by atoms with Gasteiger partial charge in [-0.3, -0.25) is 4.99 Å². The average Bonchev–Trinajstić information content (AvgIpc) is 3.29. The molecule has 0 radical (unpaired) electrons. The fraction of sp³-hybridized carbons (Fsp3) is 0.316. The summed E-state index contributed by atoms with van der Waals surface area (Å²) < 4.78 is 2.06. The highest BCUT2D eigenvalue weighted by molar-refractivity contribution is 14.0. The Morgan fingerprint density at radius 1 is 1.26 bits per heavy atom. The Bertz CT molecular complexity index is 841. The zero-order chi connectivity index (χ0) is 18.4. The number of aliphatic imine (C=N–C) groups is 1. The molecule has 0 unspecified atom stereocenters. The normalized spacial score (nSPS) is 11.1. The van der Waals surface area contributed by atoms with Crippen LogP contribution in [0.15, 0.2) is 53.4 Å². The van der Waals surface area contributed by atoms with Crippen molar-refractivity contribution in [3.05, 3.63) is 70.2 Å². The van der Waals surface area contributed by atoms with Crippen molar-refractivity contribution >= 4 is 41.3 Å². The Balaban J connectivity index is 0.00000261. The number of hydrogen-bond donors (Lipinski definition) is 1. The Morgan fingerprint density at radius 3 is 2.59 bits per heavy atom. The highest BCUT2D eigenvalue weighted by Gasteiger charge is 2.08. The van der Waals surface area contributed by atoms with Crippen molar-refractivity contribution in [1.29, 1.82) is 0 Å². The van der Waals surface area contributed by atoms with Crippen LogP contribution in [0.4, 0.5) is 0 Å². The van der Waals surface area contributed by atoms with Crippen LogP contribution in [0.1, 0.15) is 21.8 Å². The van der Waals surface area contributed by atoms with Crippen LogP contribution in [0.2, 0.25) is 0 Å². The Labute approximate surface area is 181 Å². The minimum atomic E-state index is 0. The molecular formula is C19H25IN6S. The van der Waals surface area contributed by atoms with Gasteiger partial charge in [-0.15, -0.1) is 35.3 Å². The molecule has 1 aromatic carbocycles. The third-order valence-corrected chi connectivity index (χ3v) is 4.86. The molecule has 0 aliphatic rings. The largest absolute Gasteiger partial charge is 0.352 e. The van der Waals surface area contributed by atoms with Crippen molar-refractivity contribution in [2.45, 2.75) is 26.6 Å². The van der Waals surface area contributed by atoms with Gasteiger partial charge in [0.25, 0.3) is 0 Å². The third kappa shape index (κ3) is 6.31. The summed E-state index contributed by atoms with van der Waals surface area (Å²) in [5.41, 5.74) is 3.55. The van der Waals surface area contributed by atoms with E-state index in [2.05, 4.69) is 59.4 Å². The topological polar surface area (TPSA) is 58.3 Å². The summed E-state index contributed by atoms with van der Waals surface area (Å²) in [6.45, 7) is 4.34. The summed E-state index contributed by atoms with van der Waals surface area (Å²) in [4.78, 5) is 15.0. The minimum absolute atomic E-state index is 0. The first-order valence-corrected chi connectivity index (χ1v) is 9.38. The molecular weight excluding hydrogens is 471 g/mol. The number of imidazole rings is 1. The Hall–Kier alpha value is -1.94. The first-order chi connectivity index (χ1) is 12.6. The van der Waals surface area contributed by atoms with Crippen LogP contribution >= 0.6 is 35.3 Å². The number of hydrogen-bond acceptors (Lipinski definition) is 4. The van der Waals surface area contributed by atoms with E-state index < -0.39 is 0 Å². The number of benzene rings is 1. The fourth-order valence-corrected chi connectivity index (χ4v) is 3.32. The van der Waals surface area contributed by atoms with E-state index in [1.807, 2.05) is 26.5 Å². The van der Waals surface area contributed by atoms with E-state index in [-0.39, 0.29) is 24.0 Å². The lowest BCUT2D eigenvalue weighted by molar-refractivity contribution is 0.470. The van der Waals surface area contributed by atoms with Crippen molar-refractivity contribution in [1.82, 2.24) is 24.8 Å². The molecule has 27 heavy (non-hydrogen) atoms. The molecule has 144 valence electrons. The van der Waals surface area contributed by atoms with Gasteiger partial charge in [0.05, 0.1) is 23.6 Å². The quantitative estimate of drug-likeness (QED) is 0.323. The van der Waals surface area contributed by atoms with Crippen LogP contribution < -0.4 is 5.32 Å². The van der Waals surface area contributed by atoms with Gasteiger partial charge >= 0.3 is 0 Å². The molecule has 0 bridgehead atoms. The van der Waals surface area contributed by atoms with Crippen LogP contribution in [-0.4, -0.2) is 39.5 Å². The lowest BCUT2D eigenvalue weighted by Gasteiger charge is -2.21. The maximum absolute atomic E-state index is 4.51. The smallest absolute Gasteiger partial charge is 0.194 e. The lowest BCUT2D eigenvalue weighted by atomic mass is 10.1. The maximum atomic E-state index is 4.51. The van der Waals surface area contributed by atoms with Gasteiger partial charge in [0, 0.05) is 45.0 Å². The van der Waals surface area contributed by atoms with Crippen LogP contribution in [0.5, 0.6) is 0 Å². The first-order valence-electron chi connectivity index (χ1n) is 8.50. The predicted octanol–water partition coefficient (Wildman–Crippen LogP) is 3.52. The number of rotatable bonds is 6. The second kappa shape index (κ2) is 10.4. The molecule has 0 saturated carbocycles. The molecule has 2 heterocycles. The first kappa shape index (κ1) is 21.4. The minimum Gasteiger partial charge on any atom is -0.352 e. The molecule has 3 aromatic rings. The van der Waals surface area contributed by atoms with Crippen molar-refractivity contribution in [2.75, 3.05) is 14.1 Å². The van der Waals surface area contributed by atoms with E-state index >= 15 is 0 Å². The molecule has 0 atom stereocenters. The zero-order valence-corrected chi connectivity index (χ0v) is 18.9. The van der Waals surface area contributed by atoms with Gasteiger partial charge in [-0.2, -0.15) is 0 Å². The summed E-state index contributed by atoms with van der Waals surface area (Å²) in [6.07, 6.45) is 5.60. The third-order valence-electron chi connectivity index (χ3n) is 4.04. The summed E-state index contributed by atoms with van der Waals surface area (Å²) in [6, 6.07) is 8.61. The molecule has 0 fully saturated rings. The van der Waals surface area contributed by atoms with Crippen molar-refractivity contribution in [3.8, 4) is 0 Å². The second-order valence-electron chi connectivity index (χ2n) is 6.17. The molecule has 2 aromatic heterocycles. The van der Waals surface area contributed by atoms with Crippen molar-refractivity contribution in [3.63, 3.8) is 0 Å². The highest BCUT2D eigenvalue weighted by Crippen LogP contribution is 2.10. The molecule has 1 N–H and O–H groups in total. The number of aryl methyl sites for hydroxylation is 1. The van der Waals surface area contributed by atoms with Crippen LogP contribution in [0.3, 0.4) is 0 Å². The lowest BCUT2D eigenvalue weighted by Crippen LogP contribution is -2.38. The van der Waals surface area contributed by atoms with Gasteiger partial charge in [0.2, 0.25) is 0 Å². The molecule has 0 aliphatic carbocycles. The molecule has 6 nitrogen and oxygen atoms in total. The number of thiazole rings is 1. The number of halogens is 1. The fourth-order valence-electron chi connectivity index (χ4n) is 2.72.